The van der Waals surface area contributed by atoms with Crippen molar-refractivity contribution in [3.05, 3.63) is 29.8 Å². The minimum absolute atomic E-state index is 0. The fourth-order valence-corrected chi connectivity index (χ4v) is 0.869. The fourth-order valence-electron chi connectivity index (χ4n) is 0.869. The summed E-state index contributed by atoms with van der Waals surface area (Å²) in [5.41, 5.74) is 0.104. The van der Waals surface area contributed by atoms with E-state index in [1.807, 2.05) is 0 Å². The molecule has 0 heterocycles. The number of hydrogen-bond acceptors (Lipinski definition) is 2. The molecule has 0 saturated carbocycles. The first-order chi connectivity index (χ1) is 6.53. The zero-order valence-electron chi connectivity index (χ0n) is 8.08. The number of benzene rings is 1. The van der Waals surface area contributed by atoms with Gasteiger partial charge in [0.15, 0.2) is 0 Å². The molecule has 0 aromatic heterocycles. The zero-order valence-corrected chi connectivity index (χ0v) is 11.2. The molecule has 0 amide bonds. The zero-order chi connectivity index (χ0) is 10.6. The third-order valence-corrected chi connectivity index (χ3v) is 1.44. The predicted molar refractivity (Wildman–Crippen MR) is 45.7 cm³/mol. The second kappa shape index (κ2) is 6.56. The Hall–Kier alpha value is 0.00130. The number of nitrogens with zero attached hydrogens (tertiary/aromatic N) is 1. The van der Waals surface area contributed by atoms with Crippen LogP contribution in [0.25, 0.3) is 0 Å². The van der Waals surface area contributed by atoms with Crippen LogP contribution in [-0.4, -0.2) is 13.5 Å². The van der Waals surface area contributed by atoms with Crippen molar-refractivity contribution in [1.29, 1.82) is 5.26 Å². The van der Waals surface area contributed by atoms with Crippen LogP contribution in [0.15, 0.2) is 24.3 Å². The Bertz CT molecular complexity index is 364. The normalized spacial score (nSPS) is 10.0. The van der Waals surface area contributed by atoms with Gasteiger partial charge in [0, 0.05) is 0 Å². The SMILES string of the molecule is N#Cc1ccccc1OC[B-](F)(F)F.[K+]. The van der Waals surface area contributed by atoms with E-state index >= 15 is 0 Å². The first kappa shape index (κ1) is 15.0. The molecule has 0 N–H and O–H groups in total. The predicted octanol–water partition coefficient (Wildman–Crippen LogP) is -0.672. The Kier molecular flexibility index (Phi) is 6.56. The summed E-state index contributed by atoms with van der Waals surface area (Å²) in [6, 6.07) is 7.55. The molecule has 1 aromatic carbocycles. The Morgan fingerprint density at radius 3 is 2.40 bits per heavy atom. The first-order valence-corrected chi connectivity index (χ1v) is 3.86. The van der Waals surface area contributed by atoms with Gasteiger partial charge >= 0.3 is 58.4 Å². The molecular formula is C8H6BF3KNO. The standard InChI is InChI=1S/C8H6BF3NO.K/c10-9(11,12)6-14-8-4-2-1-3-7(8)5-13;/h1-4H,6H2;/q-1;+1. The molecule has 0 unspecified atom stereocenters. The van der Waals surface area contributed by atoms with Gasteiger partial charge in [0.2, 0.25) is 0 Å². The van der Waals surface area contributed by atoms with E-state index in [4.69, 9.17) is 5.26 Å². The van der Waals surface area contributed by atoms with E-state index in [1.165, 1.54) is 18.2 Å². The largest absolute Gasteiger partial charge is 1.00 e. The van der Waals surface area contributed by atoms with Crippen LogP contribution in [0, 0.1) is 11.3 Å². The number of ether oxygens (including phenoxy) is 1. The average molecular weight is 239 g/mol. The quantitative estimate of drug-likeness (QED) is 0.655. The summed E-state index contributed by atoms with van der Waals surface area (Å²) in [5, 5.41) is 8.54. The molecular weight excluding hydrogens is 233 g/mol. The van der Waals surface area contributed by atoms with E-state index < -0.39 is 13.5 Å². The molecule has 1 rings (SSSR count). The molecule has 0 atom stereocenters. The summed E-state index contributed by atoms with van der Waals surface area (Å²) in [6.45, 7) is -6.30. The third kappa shape index (κ3) is 5.59. The molecule has 7 heteroatoms. The van der Waals surface area contributed by atoms with Crippen molar-refractivity contribution in [2.45, 2.75) is 0 Å². The Morgan fingerprint density at radius 1 is 1.27 bits per heavy atom. The molecule has 0 radical (unpaired) electrons. The van der Waals surface area contributed by atoms with Crippen molar-refractivity contribution in [3.8, 4) is 11.8 Å². The molecule has 1 aromatic rings. The molecule has 15 heavy (non-hydrogen) atoms. The minimum atomic E-state index is -4.98. The van der Waals surface area contributed by atoms with Gasteiger partial charge in [0.1, 0.15) is 11.8 Å². The first-order valence-electron chi connectivity index (χ1n) is 3.86. The van der Waals surface area contributed by atoms with Crippen molar-refractivity contribution in [2.75, 3.05) is 6.51 Å². The summed E-state index contributed by atoms with van der Waals surface area (Å²) in [7, 11) is 0. The third-order valence-electron chi connectivity index (χ3n) is 1.44. The topological polar surface area (TPSA) is 33.0 Å². The summed E-state index contributed by atoms with van der Waals surface area (Å²) in [6.07, 6.45) is 0. The fraction of sp³-hybridized carbons (Fsp3) is 0.125. The number of halogens is 3. The van der Waals surface area contributed by atoms with E-state index in [1.54, 1.807) is 12.1 Å². The summed E-state index contributed by atoms with van der Waals surface area (Å²) < 4.78 is 40.0. The maximum absolute atomic E-state index is 11.8. The van der Waals surface area contributed by atoms with Gasteiger partial charge in [-0.2, -0.15) is 5.26 Å². The van der Waals surface area contributed by atoms with Crippen LogP contribution in [-0.2, 0) is 0 Å². The molecule has 0 aliphatic heterocycles. The Balaban J connectivity index is 0.00000196. The van der Waals surface area contributed by atoms with Crippen LogP contribution < -0.4 is 56.1 Å². The van der Waals surface area contributed by atoms with Crippen molar-refractivity contribution in [3.63, 3.8) is 0 Å². The molecule has 0 bridgehead atoms. The van der Waals surface area contributed by atoms with E-state index in [-0.39, 0.29) is 62.7 Å². The van der Waals surface area contributed by atoms with E-state index in [9.17, 15) is 12.9 Å². The molecule has 2 nitrogen and oxygen atoms in total. The minimum Gasteiger partial charge on any atom is -0.520 e. The van der Waals surface area contributed by atoms with E-state index in [0.29, 0.717) is 0 Å². The van der Waals surface area contributed by atoms with Gasteiger partial charge in [0.05, 0.1) is 12.1 Å². The van der Waals surface area contributed by atoms with Crippen LogP contribution in [0.4, 0.5) is 12.9 Å². The van der Waals surface area contributed by atoms with Gasteiger partial charge in [-0.1, -0.05) is 12.1 Å². The maximum Gasteiger partial charge on any atom is 1.00 e. The van der Waals surface area contributed by atoms with Crippen molar-refractivity contribution in [1.82, 2.24) is 0 Å². The van der Waals surface area contributed by atoms with Crippen LogP contribution >= 0.6 is 0 Å². The molecule has 74 valence electrons. The van der Waals surface area contributed by atoms with Crippen LogP contribution in [0.1, 0.15) is 5.56 Å². The molecule has 0 aliphatic rings. The van der Waals surface area contributed by atoms with E-state index in [2.05, 4.69) is 4.74 Å². The summed E-state index contributed by atoms with van der Waals surface area (Å²) >= 11 is 0. The van der Waals surface area contributed by atoms with Gasteiger partial charge in [-0.25, -0.2) is 0 Å². The molecule has 0 aliphatic carbocycles. The summed E-state index contributed by atoms with van der Waals surface area (Å²) in [5.74, 6) is -0.0331. The van der Waals surface area contributed by atoms with Gasteiger partial charge < -0.3 is 17.7 Å². The maximum atomic E-state index is 11.8. The van der Waals surface area contributed by atoms with Crippen molar-refractivity contribution in [2.24, 2.45) is 0 Å². The monoisotopic (exact) mass is 239 g/mol. The van der Waals surface area contributed by atoms with Gasteiger partial charge in [-0.15, -0.1) is 0 Å². The van der Waals surface area contributed by atoms with Gasteiger partial charge in [0.25, 0.3) is 0 Å². The van der Waals surface area contributed by atoms with Crippen LogP contribution in [0.3, 0.4) is 0 Å². The number of rotatable bonds is 3. The Morgan fingerprint density at radius 2 is 1.87 bits per heavy atom. The average Bonchev–Trinajstić information content (AvgIpc) is 2.14. The molecule has 0 fully saturated rings. The Labute approximate surface area is 128 Å². The van der Waals surface area contributed by atoms with Crippen LogP contribution in [0.2, 0.25) is 0 Å². The smallest absolute Gasteiger partial charge is 0.520 e. The second-order valence-corrected chi connectivity index (χ2v) is 2.63. The van der Waals surface area contributed by atoms with Gasteiger partial charge in [-0.05, 0) is 12.1 Å². The van der Waals surface area contributed by atoms with Crippen molar-refractivity contribution < 1.29 is 69.1 Å². The second-order valence-electron chi connectivity index (χ2n) is 2.63. The number of para-hydroxylation sites is 1. The molecule has 0 saturated heterocycles. The van der Waals surface area contributed by atoms with Gasteiger partial charge in [-0.3, -0.25) is 0 Å². The summed E-state index contributed by atoms with van der Waals surface area (Å²) in [4.78, 5) is 0. The molecule has 0 spiro atoms. The number of nitriles is 1. The van der Waals surface area contributed by atoms with E-state index in [0.717, 1.165) is 0 Å². The number of hydrogen-bond donors (Lipinski definition) is 0. The van der Waals surface area contributed by atoms with Crippen molar-refractivity contribution >= 4 is 6.98 Å². The van der Waals surface area contributed by atoms with Crippen LogP contribution in [0.5, 0.6) is 5.75 Å².